The quantitative estimate of drug-likeness (QED) is 0.831. The molecule has 3 N–H and O–H groups in total. The van der Waals surface area contributed by atoms with Crippen LogP contribution in [0.15, 0.2) is 47.5 Å². The summed E-state index contributed by atoms with van der Waals surface area (Å²) in [4.78, 5) is 16.9. The van der Waals surface area contributed by atoms with Gasteiger partial charge in [0, 0.05) is 22.3 Å². The van der Waals surface area contributed by atoms with Crippen LogP contribution >= 0.6 is 11.8 Å². The van der Waals surface area contributed by atoms with Gasteiger partial charge in [-0.3, -0.25) is 4.79 Å². The van der Waals surface area contributed by atoms with Crippen molar-refractivity contribution in [2.75, 3.05) is 17.3 Å². The van der Waals surface area contributed by atoms with Crippen LogP contribution in [0.3, 0.4) is 0 Å². The molecule has 4 nitrogen and oxygen atoms in total. The molecule has 1 amide bonds. The normalized spacial score (nSPS) is 10.1. The lowest BCUT2D eigenvalue weighted by Gasteiger charge is -2.06. The van der Waals surface area contributed by atoms with Gasteiger partial charge in [0.15, 0.2) is 0 Å². The number of aromatic nitrogens is 1. The van der Waals surface area contributed by atoms with Gasteiger partial charge in [0.2, 0.25) is 0 Å². The van der Waals surface area contributed by atoms with E-state index in [4.69, 9.17) is 5.73 Å². The Morgan fingerprint density at radius 3 is 2.89 bits per heavy atom. The molecule has 0 radical (unpaired) electrons. The van der Waals surface area contributed by atoms with Crippen LogP contribution in [0.5, 0.6) is 0 Å². The lowest BCUT2D eigenvalue weighted by atomic mass is 10.2. The molecule has 0 saturated carbocycles. The summed E-state index contributed by atoms with van der Waals surface area (Å²) in [7, 11) is 0. The number of amides is 1. The molecule has 1 aromatic heterocycles. The number of nitrogens with one attached hydrogen (secondary N) is 1. The molecule has 0 spiro atoms. The third kappa shape index (κ3) is 3.01. The standard InChI is InChI=1S/C13H13N3OS/c1-18-11-4-2-3-10(8-11)16-13(17)9-5-6-15-12(14)7-9/h2-8H,1H3,(H2,14,15)(H,16,17). The predicted molar refractivity (Wildman–Crippen MR) is 74.8 cm³/mol. The maximum absolute atomic E-state index is 12.0. The Bertz CT molecular complexity index is 572. The summed E-state index contributed by atoms with van der Waals surface area (Å²) in [6, 6.07) is 10.8. The van der Waals surface area contributed by atoms with E-state index in [9.17, 15) is 4.79 Å². The predicted octanol–water partition coefficient (Wildman–Crippen LogP) is 2.64. The lowest BCUT2D eigenvalue weighted by molar-refractivity contribution is 0.102. The molecular formula is C13H13N3OS. The number of carbonyl (C=O) groups excluding carboxylic acids is 1. The van der Waals surface area contributed by atoms with Crippen LogP contribution in [0.4, 0.5) is 11.5 Å². The SMILES string of the molecule is CSc1cccc(NC(=O)c2ccnc(N)c2)c1. The Morgan fingerprint density at radius 1 is 1.33 bits per heavy atom. The average Bonchev–Trinajstić information content (AvgIpc) is 2.39. The van der Waals surface area contributed by atoms with E-state index in [0.717, 1.165) is 10.6 Å². The van der Waals surface area contributed by atoms with Crippen molar-refractivity contribution in [1.29, 1.82) is 0 Å². The molecule has 0 unspecified atom stereocenters. The van der Waals surface area contributed by atoms with Gasteiger partial charge < -0.3 is 11.1 Å². The van der Waals surface area contributed by atoms with Gasteiger partial charge in [-0.1, -0.05) is 6.07 Å². The second-order valence-corrected chi connectivity index (χ2v) is 4.54. The Balaban J connectivity index is 2.16. The summed E-state index contributed by atoms with van der Waals surface area (Å²) in [5.74, 6) is 0.142. The van der Waals surface area contributed by atoms with E-state index in [2.05, 4.69) is 10.3 Å². The first-order valence-electron chi connectivity index (χ1n) is 5.36. The minimum absolute atomic E-state index is 0.192. The molecule has 2 rings (SSSR count). The van der Waals surface area contributed by atoms with Gasteiger partial charge in [-0.05, 0) is 36.6 Å². The fourth-order valence-corrected chi connectivity index (χ4v) is 1.95. The molecule has 0 saturated heterocycles. The van der Waals surface area contributed by atoms with Crippen molar-refractivity contribution < 1.29 is 4.79 Å². The van der Waals surface area contributed by atoms with Crippen molar-refractivity contribution in [3.05, 3.63) is 48.2 Å². The first-order valence-corrected chi connectivity index (χ1v) is 6.58. The van der Waals surface area contributed by atoms with Crippen LogP contribution in [0.25, 0.3) is 0 Å². The van der Waals surface area contributed by atoms with Crippen LogP contribution in [0, 0.1) is 0 Å². The smallest absolute Gasteiger partial charge is 0.255 e. The Labute approximate surface area is 110 Å². The second kappa shape index (κ2) is 5.55. The van der Waals surface area contributed by atoms with Gasteiger partial charge in [0.1, 0.15) is 5.82 Å². The molecule has 1 heterocycles. The highest BCUT2D eigenvalue weighted by Gasteiger charge is 2.06. The van der Waals surface area contributed by atoms with Crippen molar-refractivity contribution >= 4 is 29.2 Å². The summed E-state index contributed by atoms with van der Waals surface area (Å²) in [6.07, 6.45) is 3.51. The largest absolute Gasteiger partial charge is 0.384 e. The van der Waals surface area contributed by atoms with Crippen molar-refractivity contribution in [2.45, 2.75) is 4.90 Å². The van der Waals surface area contributed by atoms with Crippen LogP contribution in [-0.4, -0.2) is 17.1 Å². The topological polar surface area (TPSA) is 68.0 Å². The molecule has 18 heavy (non-hydrogen) atoms. The van der Waals surface area contributed by atoms with Crippen molar-refractivity contribution in [2.24, 2.45) is 0 Å². The molecule has 5 heteroatoms. The van der Waals surface area contributed by atoms with Crippen molar-refractivity contribution in [1.82, 2.24) is 4.98 Å². The zero-order chi connectivity index (χ0) is 13.0. The lowest BCUT2D eigenvalue weighted by Crippen LogP contribution is -2.12. The molecule has 0 fully saturated rings. The van der Waals surface area contributed by atoms with Gasteiger partial charge in [0.25, 0.3) is 5.91 Å². The van der Waals surface area contributed by atoms with Crippen LogP contribution in [0.2, 0.25) is 0 Å². The molecule has 0 aliphatic carbocycles. The molecule has 92 valence electrons. The first kappa shape index (κ1) is 12.4. The molecule has 0 aliphatic heterocycles. The monoisotopic (exact) mass is 259 g/mol. The highest BCUT2D eigenvalue weighted by atomic mass is 32.2. The number of hydrogen-bond acceptors (Lipinski definition) is 4. The van der Waals surface area contributed by atoms with E-state index < -0.39 is 0 Å². The summed E-state index contributed by atoms with van der Waals surface area (Å²) in [5.41, 5.74) is 6.80. The number of pyridine rings is 1. The number of carbonyl (C=O) groups is 1. The maximum Gasteiger partial charge on any atom is 0.255 e. The van der Waals surface area contributed by atoms with E-state index in [1.165, 1.54) is 6.20 Å². The molecule has 0 bridgehead atoms. The van der Waals surface area contributed by atoms with Crippen molar-refractivity contribution in [3.8, 4) is 0 Å². The number of benzene rings is 1. The summed E-state index contributed by atoms with van der Waals surface area (Å²) < 4.78 is 0. The van der Waals surface area contributed by atoms with Crippen molar-refractivity contribution in [3.63, 3.8) is 0 Å². The fourth-order valence-electron chi connectivity index (χ4n) is 1.49. The zero-order valence-corrected chi connectivity index (χ0v) is 10.7. The third-order valence-electron chi connectivity index (χ3n) is 2.37. The Kier molecular flexibility index (Phi) is 3.84. The Morgan fingerprint density at radius 2 is 2.17 bits per heavy atom. The highest BCUT2D eigenvalue weighted by molar-refractivity contribution is 7.98. The summed E-state index contributed by atoms with van der Waals surface area (Å²) in [6.45, 7) is 0. The molecular weight excluding hydrogens is 246 g/mol. The van der Waals surface area contributed by atoms with Gasteiger partial charge in [-0.25, -0.2) is 4.98 Å². The van der Waals surface area contributed by atoms with E-state index >= 15 is 0 Å². The number of nitrogens with two attached hydrogens (primary N) is 1. The fraction of sp³-hybridized carbons (Fsp3) is 0.0769. The van der Waals surface area contributed by atoms with E-state index in [1.54, 1.807) is 23.9 Å². The average molecular weight is 259 g/mol. The van der Waals surface area contributed by atoms with E-state index in [-0.39, 0.29) is 5.91 Å². The van der Waals surface area contributed by atoms with Gasteiger partial charge >= 0.3 is 0 Å². The van der Waals surface area contributed by atoms with Gasteiger partial charge in [-0.15, -0.1) is 11.8 Å². The zero-order valence-electron chi connectivity index (χ0n) is 9.88. The minimum Gasteiger partial charge on any atom is -0.384 e. The number of nitrogens with zero attached hydrogens (tertiary/aromatic N) is 1. The second-order valence-electron chi connectivity index (χ2n) is 3.66. The summed E-state index contributed by atoms with van der Waals surface area (Å²) >= 11 is 1.63. The number of hydrogen-bond donors (Lipinski definition) is 2. The van der Waals surface area contributed by atoms with E-state index in [0.29, 0.717) is 11.4 Å². The first-order chi connectivity index (χ1) is 8.69. The molecule has 2 aromatic rings. The molecule has 0 atom stereocenters. The maximum atomic E-state index is 12.0. The number of nitrogen functional groups attached to an aromatic ring is 1. The highest BCUT2D eigenvalue weighted by Crippen LogP contribution is 2.19. The number of rotatable bonds is 3. The van der Waals surface area contributed by atoms with Crippen LogP contribution in [-0.2, 0) is 0 Å². The van der Waals surface area contributed by atoms with Crippen LogP contribution in [0.1, 0.15) is 10.4 Å². The number of thioether (sulfide) groups is 1. The minimum atomic E-state index is -0.192. The molecule has 1 aromatic carbocycles. The van der Waals surface area contributed by atoms with E-state index in [1.807, 2.05) is 30.5 Å². The third-order valence-corrected chi connectivity index (χ3v) is 3.10. The molecule has 0 aliphatic rings. The summed E-state index contributed by atoms with van der Waals surface area (Å²) in [5, 5.41) is 2.82. The van der Waals surface area contributed by atoms with Crippen LogP contribution < -0.4 is 11.1 Å². The van der Waals surface area contributed by atoms with Gasteiger partial charge in [-0.2, -0.15) is 0 Å². The van der Waals surface area contributed by atoms with Gasteiger partial charge in [0.05, 0.1) is 0 Å². The number of anilines is 2. The Hall–Kier alpha value is -2.01.